The molecule has 5 aromatic rings. The molecule has 0 saturated heterocycles. The zero-order valence-corrected chi connectivity index (χ0v) is 43.6. The van der Waals surface area contributed by atoms with Gasteiger partial charge in [-0.25, -0.2) is 22.3 Å². The summed E-state index contributed by atoms with van der Waals surface area (Å²) in [4.78, 5) is 59.1. The summed E-state index contributed by atoms with van der Waals surface area (Å²) in [6.45, 7) is 2.42. The molecule has 3 unspecified atom stereocenters. The van der Waals surface area contributed by atoms with Crippen molar-refractivity contribution in [1.29, 1.82) is 0 Å². The second-order valence-electron chi connectivity index (χ2n) is 17.2. The Labute approximate surface area is 441 Å². The predicted molar refractivity (Wildman–Crippen MR) is 261 cm³/mol. The summed E-state index contributed by atoms with van der Waals surface area (Å²) < 4.78 is 172. The summed E-state index contributed by atoms with van der Waals surface area (Å²) in [6.07, 6.45) is -8.95. The summed E-state index contributed by atoms with van der Waals surface area (Å²) in [5, 5.41) is 26.5. The number of hydrogen-bond acceptors (Lipinski definition) is 10. The highest BCUT2D eigenvalue weighted by atomic mass is 35.5. The minimum absolute atomic E-state index is 0.0151. The molecule has 6 rings (SSSR count). The maximum absolute atomic E-state index is 15.5. The molecule has 4 atom stereocenters. The summed E-state index contributed by atoms with van der Waals surface area (Å²) >= 11 is 6.60. The fourth-order valence-corrected chi connectivity index (χ4v) is 9.07. The minimum atomic E-state index is -5.20. The normalized spacial score (nSPS) is 15.0. The van der Waals surface area contributed by atoms with E-state index in [0.717, 1.165) is 25.3 Å². The number of benzene rings is 2. The number of pyridine rings is 1. The number of carbonyl (C=O) groups is 5. The second kappa shape index (κ2) is 25.5. The molecule has 3 amide bonds. The molecule has 3 heterocycles. The molecule has 418 valence electrons. The van der Waals surface area contributed by atoms with Gasteiger partial charge in [0, 0.05) is 66.0 Å². The molecule has 17 nitrogen and oxygen atoms in total. The smallest absolute Gasteiger partial charge is 0.435 e. The van der Waals surface area contributed by atoms with Gasteiger partial charge in [-0.15, -0.1) is 0 Å². The van der Waals surface area contributed by atoms with Gasteiger partial charge in [0.05, 0.1) is 34.1 Å². The van der Waals surface area contributed by atoms with Gasteiger partial charge in [0.1, 0.15) is 51.8 Å². The van der Waals surface area contributed by atoms with Crippen molar-refractivity contribution < 1.29 is 86.5 Å². The number of nitrogens with one attached hydrogen (secondary N) is 2. The zero-order valence-electron chi connectivity index (χ0n) is 41.2. The molecule has 0 spiro atoms. The van der Waals surface area contributed by atoms with Crippen molar-refractivity contribution in [3.63, 3.8) is 0 Å². The number of anilines is 1. The first-order chi connectivity index (χ1) is 35.7. The molecule has 0 aliphatic heterocycles. The van der Waals surface area contributed by atoms with Gasteiger partial charge in [0.2, 0.25) is 18.2 Å². The van der Waals surface area contributed by atoms with Crippen LogP contribution in [0.4, 0.5) is 49.7 Å². The topological polar surface area (TPSA) is 236 Å². The number of rotatable bonds is 16. The standard InChI is InChI=1S/C42H38ClF10N7O4S2.C4H7NO3.CH2O2/c1-7-23-18-40(46,47)37-32(23)36(42(51,52)53)56-58(37)19-31(62)55-30(16-22-14-24(44)17-25(45)15-22)34-27(9-8-26(54-34)12-13-39(3,4)65(5)63)28-10-11-29(43)33-35(28)59(20-41(48,49)50)57-38(33)60(21(2)61)66(6)64;6-3-5-2-1-4(7)8;2-1-3/h8-11,14-15,17,23,30H,7,16,18-20H2,1-6H3,(H,55,62);3H,1-2H2,(H,5,6)(H,7,8);1H,(H,2,3)/t23-,30?,65?,66?;;/m0../s1. The molecule has 0 bridgehead atoms. The molecule has 0 saturated carbocycles. The van der Waals surface area contributed by atoms with Crippen LogP contribution in [0.5, 0.6) is 0 Å². The van der Waals surface area contributed by atoms with E-state index >= 15 is 8.78 Å². The highest BCUT2D eigenvalue weighted by molar-refractivity contribution is 7.86. The van der Waals surface area contributed by atoms with Gasteiger partial charge >= 0.3 is 18.3 Å². The highest BCUT2D eigenvalue weighted by Crippen LogP contribution is 2.53. The van der Waals surface area contributed by atoms with Crippen LogP contribution in [0.2, 0.25) is 5.02 Å². The number of nitrogens with zero attached hydrogens (tertiary/aromatic N) is 6. The van der Waals surface area contributed by atoms with Gasteiger partial charge in [-0.1, -0.05) is 30.5 Å². The van der Waals surface area contributed by atoms with Crippen LogP contribution in [0.25, 0.3) is 22.0 Å². The van der Waals surface area contributed by atoms with Crippen molar-refractivity contribution in [3.8, 4) is 23.0 Å². The molecule has 4 N–H and O–H groups in total. The molecular formula is C47H47ClF10N8O9S2. The van der Waals surface area contributed by atoms with Crippen LogP contribution >= 0.6 is 11.6 Å². The number of hydrogen-bond donors (Lipinski definition) is 4. The number of alkyl halides is 8. The molecule has 1 aliphatic rings. The van der Waals surface area contributed by atoms with Crippen LogP contribution < -0.4 is 14.9 Å². The summed E-state index contributed by atoms with van der Waals surface area (Å²) in [7, 11) is -3.74. The average molecular weight is 1160 g/mol. The molecule has 77 heavy (non-hydrogen) atoms. The Morgan fingerprint density at radius 1 is 0.987 bits per heavy atom. The van der Waals surface area contributed by atoms with E-state index in [1.807, 2.05) is 0 Å². The van der Waals surface area contributed by atoms with Crippen LogP contribution in [-0.2, 0) is 77.4 Å². The van der Waals surface area contributed by atoms with E-state index in [1.165, 1.54) is 37.4 Å². The Balaban J connectivity index is 0.00000105. The van der Waals surface area contributed by atoms with Gasteiger partial charge in [0.25, 0.3) is 12.4 Å². The number of carbonyl (C=O) groups excluding carboxylic acids is 3. The first-order valence-electron chi connectivity index (χ1n) is 22.3. The van der Waals surface area contributed by atoms with Gasteiger partial charge in [-0.3, -0.25) is 37.5 Å². The number of aliphatic carboxylic acids is 1. The lowest BCUT2D eigenvalue weighted by molar-refractivity contribution is -0.143. The third kappa shape index (κ3) is 15.8. The fourth-order valence-electron chi connectivity index (χ4n) is 7.91. The molecule has 3 aromatic heterocycles. The lowest BCUT2D eigenvalue weighted by Gasteiger charge is -2.23. The van der Waals surface area contributed by atoms with Crippen molar-refractivity contribution in [3.05, 3.63) is 93.0 Å². The van der Waals surface area contributed by atoms with E-state index in [-0.39, 0.29) is 69.0 Å². The molecule has 1 aliphatic carbocycles. The van der Waals surface area contributed by atoms with Crippen molar-refractivity contribution in [1.82, 2.24) is 35.2 Å². The monoisotopic (exact) mass is 1160 g/mol. The van der Waals surface area contributed by atoms with Gasteiger partial charge in [-0.2, -0.15) is 45.3 Å². The molecule has 2 aromatic carbocycles. The summed E-state index contributed by atoms with van der Waals surface area (Å²) in [5.74, 6) is -5.29. The number of amides is 3. The third-order valence-electron chi connectivity index (χ3n) is 11.2. The number of fused-ring (bicyclic) bond motifs is 2. The van der Waals surface area contributed by atoms with Crippen molar-refractivity contribution in [2.45, 2.75) is 101 Å². The number of aromatic nitrogens is 5. The SMILES string of the molecule is CC[C@H]1CC(F)(F)c2c1c(C(F)(F)F)nn2CC(=O)NC(Cc1cc(F)cc(F)c1)c1nc(C#CC(C)(C)S(C)=O)ccc1-c1ccc(Cl)c2c(N(C(C)=O)S(C)=O)nn(CC(F)(F)F)c12.O=CNCCC(=O)O.O=CO. The zero-order chi connectivity index (χ0) is 58.1. The van der Waals surface area contributed by atoms with E-state index in [9.17, 15) is 62.7 Å². The van der Waals surface area contributed by atoms with Crippen LogP contribution in [0, 0.1) is 23.5 Å². The first kappa shape index (κ1) is 62.6. The molecule has 0 fully saturated rings. The molecule has 30 heteroatoms. The van der Waals surface area contributed by atoms with Gasteiger partial charge < -0.3 is 20.8 Å². The van der Waals surface area contributed by atoms with Crippen LogP contribution in [0.3, 0.4) is 0 Å². The van der Waals surface area contributed by atoms with Crippen molar-refractivity contribution in [2.75, 3.05) is 23.4 Å². The third-order valence-corrected chi connectivity index (χ3v) is 14.0. The van der Waals surface area contributed by atoms with E-state index in [0.29, 0.717) is 21.5 Å². The number of carboxylic acid groups (broad SMARTS) is 2. The van der Waals surface area contributed by atoms with Crippen LogP contribution in [0.15, 0.2) is 42.5 Å². The number of halogens is 11. The average Bonchev–Trinajstić information content (AvgIpc) is 3.95. The van der Waals surface area contributed by atoms with Gasteiger partial charge in [0.15, 0.2) is 11.5 Å². The Morgan fingerprint density at radius 3 is 2.12 bits per heavy atom. The lowest BCUT2D eigenvalue weighted by atomic mass is 9.93. The fraction of sp³-hybridized carbons (Fsp3) is 0.404. The van der Waals surface area contributed by atoms with E-state index < -0.39 is 140 Å². The summed E-state index contributed by atoms with van der Waals surface area (Å²) in [6, 6.07) is 5.67. The van der Waals surface area contributed by atoms with Crippen molar-refractivity contribution in [2.24, 2.45) is 0 Å². The predicted octanol–water partition coefficient (Wildman–Crippen LogP) is 7.96. The second-order valence-corrected chi connectivity index (χ2v) is 20.7. The Morgan fingerprint density at radius 2 is 1.60 bits per heavy atom. The number of carboxylic acids is 1. The highest BCUT2D eigenvalue weighted by Gasteiger charge is 2.54. The largest absolute Gasteiger partial charge is 0.483 e. The lowest BCUT2D eigenvalue weighted by Crippen LogP contribution is -2.35. The van der Waals surface area contributed by atoms with Crippen LogP contribution in [0.1, 0.15) is 92.8 Å². The first-order valence-corrected chi connectivity index (χ1v) is 25.7. The minimum Gasteiger partial charge on any atom is -0.483 e. The quantitative estimate of drug-likeness (QED) is 0.0319. The Hall–Kier alpha value is -6.93. The maximum atomic E-state index is 15.5. The van der Waals surface area contributed by atoms with Crippen molar-refractivity contribution >= 4 is 80.8 Å². The Kier molecular flexibility index (Phi) is 20.7. The van der Waals surface area contributed by atoms with Gasteiger partial charge in [-0.05, 0) is 74.4 Å². The summed E-state index contributed by atoms with van der Waals surface area (Å²) in [5.41, 5.74) is -4.79. The van der Waals surface area contributed by atoms with E-state index in [1.54, 1.807) is 13.8 Å². The molecule has 0 radical (unpaired) electrons. The Bertz CT molecular complexity index is 3120. The van der Waals surface area contributed by atoms with Crippen LogP contribution in [-0.4, -0.2) is 104 Å². The van der Waals surface area contributed by atoms with E-state index in [2.05, 4.69) is 37.7 Å². The van der Waals surface area contributed by atoms with E-state index in [4.69, 9.17) is 26.6 Å². The maximum Gasteiger partial charge on any atom is 0.435 e. The molecular weight excluding hydrogens is 1110 g/mol.